The first-order chi connectivity index (χ1) is 18.8. The number of ether oxygens (including phenoxy) is 1. The molecular formula is C27H32F3N5O4S. The molecular weight excluding hydrogens is 547 g/mol. The zero-order chi connectivity index (χ0) is 29.6. The van der Waals surface area contributed by atoms with Crippen LogP contribution in [-0.4, -0.2) is 63.8 Å². The first kappa shape index (κ1) is 30.8. The molecule has 2 heterocycles. The molecule has 2 aromatic heterocycles. The maximum atomic E-state index is 13.4. The number of nitrogens with zero attached hydrogens (tertiary/aromatic N) is 3. The predicted molar refractivity (Wildman–Crippen MR) is 148 cm³/mol. The molecule has 0 atom stereocenters. The van der Waals surface area contributed by atoms with E-state index in [0.717, 1.165) is 16.7 Å². The molecule has 40 heavy (non-hydrogen) atoms. The van der Waals surface area contributed by atoms with E-state index < -0.39 is 23.9 Å². The number of carbonyl (C=O) groups excluding carboxylic acids is 1. The van der Waals surface area contributed by atoms with Crippen molar-refractivity contribution < 1.29 is 32.6 Å². The molecule has 0 radical (unpaired) electrons. The molecule has 0 saturated carbocycles. The lowest BCUT2D eigenvalue weighted by Crippen LogP contribution is -2.39. The number of aromatic carboxylic acids is 1. The van der Waals surface area contributed by atoms with E-state index in [0.29, 0.717) is 30.0 Å². The second-order valence-electron chi connectivity index (χ2n) is 9.43. The van der Waals surface area contributed by atoms with Crippen molar-refractivity contribution in [2.75, 3.05) is 25.0 Å². The minimum atomic E-state index is -4.65. The first-order valence-electron chi connectivity index (χ1n) is 12.7. The number of rotatable bonds is 11. The lowest BCUT2D eigenvalue weighted by molar-refractivity contribution is -0.140. The molecule has 0 spiro atoms. The van der Waals surface area contributed by atoms with Gasteiger partial charge in [-0.15, -0.1) is 11.3 Å². The molecule has 216 valence electrons. The van der Waals surface area contributed by atoms with Crippen LogP contribution in [0.5, 0.6) is 5.75 Å². The number of thiazole rings is 1. The fourth-order valence-corrected chi connectivity index (χ4v) is 4.99. The summed E-state index contributed by atoms with van der Waals surface area (Å²) in [5, 5.41) is 15.7. The van der Waals surface area contributed by atoms with Crippen molar-refractivity contribution in [2.24, 2.45) is 0 Å². The Labute approximate surface area is 234 Å². The number of alkyl halides is 3. The Kier molecular flexibility index (Phi) is 10.1. The van der Waals surface area contributed by atoms with Crippen LogP contribution in [0.3, 0.4) is 0 Å². The van der Waals surface area contributed by atoms with Crippen LogP contribution in [-0.2, 0) is 6.18 Å². The van der Waals surface area contributed by atoms with E-state index in [1.165, 1.54) is 30.5 Å². The number of carboxylic acid groups (broad SMARTS) is 1. The molecule has 2 amide bonds. The highest BCUT2D eigenvalue weighted by Crippen LogP contribution is 2.41. The zero-order valence-corrected chi connectivity index (χ0v) is 23.6. The second-order valence-corrected chi connectivity index (χ2v) is 10.3. The van der Waals surface area contributed by atoms with Crippen LogP contribution in [0.2, 0.25) is 0 Å². The van der Waals surface area contributed by atoms with Crippen LogP contribution < -0.4 is 15.4 Å². The molecule has 0 bridgehead atoms. The van der Waals surface area contributed by atoms with Crippen LogP contribution in [0.25, 0.3) is 21.7 Å². The summed E-state index contributed by atoms with van der Waals surface area (Å²) in [7, 11) is 0. The summed E-state index contributed by atoms with van der Waals surface area (Å²) >= 11 is 0.770. The van der Waals surface area contributed by atoms with E-state index in [9.17, 15) is 27.9 Å². The standard InChI is InChI=1S/C27H32F3N5O4S/c1-6-31-26(38)34-23-12-19(24-33-22(14-40-24)27(28,29)30)20(13-32-23)18-11-17(25(36)37)7-8-21(18)39-10-9-35(15(2)3)16(4)5/h7-8,11-16H,6,9-10H2,1-5H3,(H,36,37)(H2,31,32,34,38). The Morgan fingerprint density at radius 2 is 1.80 bits per heavy atom. The number of carbonyl (C=O) groups is 2. The van der Waals surface area contributed by atoms with Gasteiger partial charge in [0.2, 0.25) is 0 Å². The normalized spacial score (nSPS) is 11.8. The summed E-state index contributed by atoms with van der Waals surface area (Å²) in [5.74, 6) is -0.774. The highest BCUT2D eigenvalue weighted by Gasteiger charge is 2.34. The Morgan fingerprint density at radius 1 is 1.10 bits per heavy atom. The third-order valence-corrected chi connectivity index (χ3v) is 6.83. The summed E-state index contributed by atoms with van der Waals surface area (Å²) in [4.78, 5) is 34.2. The Balaban J connectivity index is 2.12. The van der Waals surface area contributed by atoms with E-state index in [1.807, 2.05) is 0 Å². The van der Waals surface area contributed by atoms with Gasteiger partial charge in [0, 0.05) is 53.4 Å². The lowest BCUT2D eigenvalue weighted by atomic mass is 9.99. The number of benzene rings is 1. The van der Waals surface area contributed by atoms with Crippen LogP contribution in [0.15, 0.2) is 35.8 Å². The average molecular weight is 580 g/mol. The fraction of sp³-hybridized carbons (Fsp3) is 0.407. The summed E-state index contributed by atoms with van der Waals surface area (Å²) in [6.45, 7) is 11.3. The smallest absolute Gasteiger partial charge is 0.434 e. The fourth-order valence-electron chi connectivity index (χ4n) is 4.14. The van der Waals surface area contributed by atoms with Crippen molar-refractivity contribution in [2.45, 2.75) is 52.9 Å². The van der Waals surface area contributed by atoms with Gasteiger partial charge in [0.25, 0.3) is 0 Å². The van der Waals surface area contributed by atoms with Crippen molar-refractivity contribution in [1.29, 1.82) is 0 Å². The Bertz CT molecular complexity index is 1340. The number of nitrogens with one attached hydrogen (secondary N) is 2. The number of pyridine rings is 1. The van der Waals surface area contributed by atoms with E-state index in [-0.39, 0.29) is 40.6 Å². The third-order valence-electron chi connectivity index (χ3n) is 5.96. The number of urea groups is 1. The molecule has 0 aliphatic rings. The predicted octanol–water partition coefficient (Wildman–Crippen LogP) is 6.23. The summed E-state index contributed by atoms with van der Waals surface area (Å²) in [6, 6.07) is 5.70. The van der Waals surface area contributed by atoms with Crippen molar-refractivity contribution in [1.82, 2.24) is 20.2 Å². The maximum absolute atomic E-state index is 13.4. The van der Waals surface area contributed by atoms with Gasteiger partial charge in [0.1, 0.15) is 23.2 Å². The number of aromatic nitrogens is 2. The number of halogens is 3. The van der Waals surface area contributed by atoms with Crippen LogP contribution >= 0.6 is 11.3 Å². The van der Waals surface area contributed by atoms with Gasteiger partial charge < -0.3 is 15.2 Å². The summed E-state index contributed by atoms with van der Waals surface area (Å²) < 4.78 is 46.2. The lowest BCUT2D eigenvalue weighted by Gasteiger charge is -2.30. The van der Waals surface area contributed by atoms with Gasteiger partial charge in [-0.2, -0.15) is 13.2 Å². The zero-order valence-electron chi connectivity index (χ0n) is 22.8. The van der Waals surface area contributed by atoms with Gasteiger partial charge in [0.05, 0.1) is 5.56 Å². The van der Waals surface area contributed by atoms with Gasteiger partial charge in [0.15, 0.2) is 5.69 Å². The Hall–Kier alpha value is -3.71. The number of hydrogen-bond donors (Lipinski definition) is 3. The van der Waals surface area contributed by atoms with Crippen molar-refractivity contribution in [3.05, 3.63) is 47.1 Å². The number of amides is 2. The SMILES string of the molecule is CCNC(=O)Nc1cc(-c2nc(C(F)(F)F)cs2)c(-c2cc(C(=O)O)ccc2OCCN(C(C)C)C(C)C)cn1. The molecule has 0 saturated heterocycles. The number of carboxylic acids is 1. The van der Waals surface area contributed by atoms with Crippen molar-refractivity contribution >= 4 is 29.2 Å². The van der Waals surface area contributed by atoms with E-state index in [4.69, 9.17) is 4.74 Å². The van der Waals surface area contributed by atoms with E-state index in [2.05, 4.69) is 53.2 Å². The number of hydrogen-bond acceptors (Lipinski definition) is 7. The number of anilines is 1. The largest absolute Gasteiger partial charge is 0.492 e. The quantitative estimate of drug-likeness (QED) is 0.247. The minimum Gasteiger partial charge on any atom is -0.492 e. The topological polar surface area (TPSA) is 117 Å². The van der Waals surface area contributed by atoms with Gasteiger partial charge >= 0.3 is 18.2 Å². The summed E-state index contributed by atoms with van der Waals surface area (Å²) in [5.41, 5.74) is -0.269. The van der Waals surface area contributed by atoms with E-state index >= 15 is 0 Å². The van der Waals surface area contributed by atoms with Gasteiger partial charge in [-0.1, -0.05) is 0 Å². The molecule has 3 aromatic rings. The molecule has 0 aliphatic heterocycles. The van der Waals surface area contributed by atoms with Gasteiger partial charge in [-0.25, -0.2) is 19.6 Å². The molecule has 9 nitrogen and oxygen atoms in total. The maximum Gasteiger partial charge on any atom is 0.434 e. The van der Waals surface area contributed by atoms with E-state index in [1.54, 1.807) is 6.92 Å². The van der Waals surface area contributed by atoms with Gasteiger partial charge in [-0.05, 0) is 58.9 Å². The minimum absolute atomic E-state index is 0.0149. The average Bonchev–Trinajstić information content (AvgIpc) is 3.37. The monoisotopic (exact) mass is 579 g/mol. The molecule has 0 aliphatic carbocycles. The van der Waals surface area contributed by atoms with Crippen LogP contribution in [0.4, 0.5) is 23.8 Å². The molecule has 3 N–H and O–H groups in total. The summed E-state index contributed by atoms with van der Waals surface area (Å²) in [6.07, 6.45) is -3.30. The van der Waals surface area contributed by atoms with Crippen molar-refractivity contribution in [3.63, 3.8) is 0 Å². The third kappa shape index (κ3) is 7.69. The van der Waals surface area contributed by atoms with Crippen molar-refractivity contribution in [3.8, 4) is 27.4 Å². The Morgan fingerprint density at radius 3 is 2.38 bits per heavy atom. The molecule has 0 unspecified atom stereocenters. The van der Waals surface area contributed by atoms with Crippen LogP contribution in [0.1, 0.15) is 50.7 Å². The molecule has 13 heteroatoms. The highest BCUT2D eigenvalue weighted by molar-refractivity contribution is 7.13. The molecule has 0 fully saturated rings. The molecule has 1 aromatic carbocycles. The van der Waals surface area contributed by atoms with Gasteiger partial charge in [-0.3, -0.25) is 10.2 Å². The first-order valence-corrected chi connectivity index (χ1v) is 13.5. The molecule has 3 rings (SSSR count). The second kappa shape index (κ2) is 13.1. The van der Waals surface area contributed by atoms with Crippen LogP contribution in [0, 0.1) is 0 Å². The highest BCUT2D eigenvalue weighted by atomic mass is 32.1.